The van der Waals surface area contributed by atoms with Crippen molar-refractivity contribution in [2.75, 3.05) is 7.11 Å². The molecule has 1 amide bonds. The van der Waals surface area contributed by atoms with E-state index in [9.17, 15) is 4.79 Å². The van der Waals surface area contributed by atoms with Gasteiger partial charge in [0, 0.05) is 30.4 Å². The first-order valence-electron chi connectivity index (χ1n) is 7.79. The minimum Gasteiger partial charge on any atom is -0.497 e. The van der Waals surface area contributed by atoms with Crippen molar-refractivity contribution in [2.45, 2.75) is 13.1 Å². The van der Waals surface area contributed by atoms with Crippen molar-refractivity contribution in [3.8, 4) is 16.9 Å². The molecule has 0 saturated carbocycles. The number of hydrogen-bond acceptors (Lipinski definition) is 3. The van der Waals surface area contributed by atoms with Gasteiger partial charge in [-0.05, 0) is 34.9 Å². The molecule has 0 bridgehead atoms. The summed E-state index contributed by atoms with van der Waals surface area (Å²) in [6.07, 6.45) is 3.59. The highest BCUT2D eigenvalue weighted by Crippen LogP contribution is 2.29. The second kappa shape index (κ2) is 5.85. The van der Waals surface area contributed by atoms with Gasteiger partial charge in [0.15, 0.2) is 0 Å². The fraction of sp³-hybridized carbons (Fsp3) is 0.158. The molecule has 0 atom stereocenters. The third kappa shape index (κ3) is 2.54. The molecule has 5 nitrogen and oxygen atoms in total. The zero-order valence-corrected chi connectivity index (χ0v) is 13.3. The van der Waals surface area contributed by atoms with Crippen molar-refractivity contribution in [3.05, 3.63) is 71.5 Å². The minimum atomic E-state index is 0.0677. The van der Waals surface area contributed by atoms with Crippen molar-refractivity contribution in [3.63, 3.8) is 0 Å². The molecule has 4 rings (SSSR count). The third-order valence-corrected chi connectivity index (χ3v) is 4.33. The average molecular weight is 319 g/mol. The van der Waals surface area contributed by atoms with Gasteiger partial charge in [-0.3, -0.25) is 9.89 Å². The Bertz CT molecular complexity index is 887. The van der Waals surface area contributed by atoms with Crippen LogP contribution in [0.1, 0.15) is 21.5 Å². The highest BCUT2D eigenvalue weighted by Gasteiger charge is 2.27. The molecule has 0 aliphatic carbocycles. The first-order valence-corrected chi connectivity index (χ1v) is 7.79. The van der Waals surface area contributed by atoms with Crippen LogP contribution in [0.3, 0.4) is 0 Å². The Labute approximate surface area is 139 Å². The smallest absolute Gasteiger partial charge is 0.254 e. The Hall–Kier alpha value is -3.08. The average Bonchev–Trinajstić information content (AvgIpc) is 3.24. The first-order chi connectivity index (χ1) is 11.7. The van der Waals surface area contributed by atoms with E-state index in [0.29, 0.717) is 13.1 Å². The highest BCUT2D eigenvalue weighted by molar-refractivity contribution is 5.99. The van der Waals surface area contributed by atoms with E-state index in [1.54, 1.807) is 13.3 Å². The molecular formula is C19H17N3O2. The molecule has 1 aliphatic rings. The Kier molecular flexibility index (Phi) is 3.54. The summed E-state index contributed by atoms with van der Waals surface area (Å²) in [6, 6.07) is 13.8. The maximum Gasteiger partial charge on any atom is 0.254 e. The van der Waals surface area contributed by atoms with Crippen LogP contribution in [0.25, 0.3) is 11.1 Å². The number of aromatic nitrogens is 2. The molecule has 24 heavy (non-hydrogen) atoms. The van der Waals surface area contributed by atoms with Gasteiger partial charge in [-0.25, -0.2) is 0 Å². The molecule has 0 fully saturated rings. The standard InChI is InChI=1S/C19H17N3O2/c1-24-17-4-2-3-13(7-17)11-22-12-15-6-5-14(8-18(15)19(22)23)16-9-20-21-10-16/h2-10H,11-12H2,1H3,(H,20,21). The van der Waals surface area contributed by atoms with Gasteiger partial charge in [0.05, 0.1) is 13.3 Å². The molecule has 0 radical (unpaired) electrons. The Morgan fingerprint density at radius 3 is 2.92 bits per heavy atom. The van der Waals surface area contributed by atoms with Crippen LogP contribution in [0, 0.1) is 0 Å². The van der Waals surface area contributed by atoms with E-state index in [4.69, 9.17) is 4.74 Å². The number of ether oxygens (including phenoxy) is 1. The summed E-state index contributed by atoms with van der Waals surface area (Å²) in [6.45, 7) is 1.21. The SMILES string of the molecule is COc1cccc(CN2Cc3ccc(-c4cn[nH]c4)cc3C2=O)c1. The molecule has 1 aromatic heterocycles. The lowest BCUT2D eigenvalue weighted by Gasteiger charge is -2.16. The zero-order valence-electron chi connectivity index (χ0n) is 13.3. The molecule has 1 aliphatic heterocycles. The van der Waals surface area contributed by atoms with Crippen LogP contribution < -0.4 is 4.74 Å². The number of aromatic amines is 1. The summed E-state index contributed by atoms with van der Waals surface area (Å²) < 4.78 is 5.25. The van der Waals surface area contributed by atoms with Crippen LogP contribution in [0.15, 0.2) is 54.9 Å². The van der Waals surface area contributed by atoms with Gasteiger partial charge in [0.25, 0.3) is 5.91 Å². The lowest BCUT2D eigenvalue weighted by molar-refractivity contribution is 0.0766. The van der Waals surface area contributed by atoms with Crippen molar-refractivity contribution in [1.82, 2.24) is 15.1 Å². The number of benzene rings is 2. The fourth-order valence-corrected chi connectivity index (χ4v) is 3.07. The predicted octanol–water partition coefficient (Wildman–Crippen LogP) is 3.24. The predicted molar refractivity (Wildman–Crippen MR) is 90.6 cm³/mol. The molecule has 2 heterocycles. The second-order valence-electron chi connectivity index (χ2n) is 5.87. The highest BCUT2D eigenvalue weighted by atomic mass is 16.5. The summed E-state index contributed by atoms with van der Waals surface area (Å²) >= 11 is 0. The molecular weight excluding hydrogens is 302 g/mol. The van der Waals surface area contributed by atoms with Gasteiger partial charge < -0.3 is 9.64 Å². The van der Waals surface area contributed by atoms with E-state index in [-0.39, 0.29) is 5.91 Å². The molecule has 120 valence electrons. The number of H-pyrrole nitrogens is 1. The Morgan fingerprint density at radius 1 is 1.21 bits per heavy atom. The molecule has 1 N–H and O–H groups in total. The van der Waals surface area contributed by atoms with E-state index in [0.717, 1.165) is 33.6 Å². The molecule has 0 unspecified atom stereocenters. The number of nitrogens with one attached hydrogen (secondary N) is 1. The van der Waals surface area contributed by atoms with Crippen LogP contribution in [-0.4, -0.2) is 28.1 Å². The number of nitrogens with zero attached hydrogens (tertiary/aromatic N) is 2. The maximum atomic E-state index is 12.7. The number of carbonyl (C=O) groups is 1. The fourth-order valence-electron chi connectivity index (χ4n) is 3.07. The third-order valence-electron chi connectivity index (χ3n) is 4.33. The van der Waals surface area contributed by atoms with E-state index < -0.39 is 0 Å². The lowest BCUT2D eigenvalue weighted by Crippen LogP contribution is -2.23. The van der Waals surface area contributed by atoms with Gasteiger partial charge in [0.2, 0.25) is 0 Å². The van der Waals surface area contributed by atoms with E-state index in [1.165, 1.54) is 0 Å². The number of rotatable bonds is 4. The van der Waals surface area contributed by atoms with Gasteiger partial charge in [-0.2, -0.15) is 5.10 Å². The molecule has 0 spiro atoms. The summed E-state index contributed by atoms with van der Waals surface area (Å²) in [7, 11) is 1.65. The number of amides is 1. The zero-order chi connectivity index (χ0) is 16.5. The van der Waals surface area contributed by atoms with Crippen LogP contribution >= 0.6 is 0 Å². The molecule has 3 aromatic rings. The number of fused-ring (bicyclic) bond motifs is 1. The first kappa shape index (κ1) is 14.5. The normalized spacial score (nSPS) is 13.2. The monoisotopic (exact) mass is 319 g/mol. The van der Waals surface area contributed by atoms with Crippen molar-refractivity contribution in [1.29, 1.82) is 0 Å². The van der Waals surface area contributed by atoms with Gasteiger partial charge in [-0.1, -0.05) is 24.3 Å². The Morgan fingerprint density at radius 2 is 2.12 bits per heavy atom. The van der Waals surface area contributed by atoms with Gasteiger partial charge in [-0.15, -0.1) is 0 Å². The maximum absolute atomic E-state index is 12.7. The van der Waals surface area contributed by atoms with E-state index in [1.807, 2.05) is 53.6 Å². The van der Waals surface area contributed by atoms with Gasteiger partial charge >= 0.3 is 0 Å². The quantitative estimate of drug-likeness (QED) is 0.803. The van der Waals surface area contributed by atoms with Crippen molar-refractivity contribution < 1.29 is 9.53 Å². The van der Waals surface area contributed by atoms with Crippen LogP contribution in [0.5, 0.6) is 5.75 Å². The Balaban J connectivity index is 1.58. The van der Waals surface area contributed by atoms with Crippen molar-refractivity contribution in [2.24, 2.45) is 0 Å². The minimum absolute atomic E-state index is 0.0677. The number of methoxy groups -OCH3 is 1. The molecule has 5 heteroatoms. The number of hydrogen-bond donors (Lipinski definition) is 1. The van der Waals surface area contributed by atoms with Crippen molar-refractivity contribution >= 4 is 5.91 Å². The second-order valence-corrected chi connectivity index (χ2v) is 5.87. The lowest BCUT2D eigenvalue weighted by atomic mass is 10.0. The van der Waals surface area contributed by atoms with Crippen LogP contribution in [0.4, 0.5) is 0 Å². The summed E-state index contributed by atoms with van der Waals surface area (Å²) in [5, 5.41) is 6.77. The molecule has 2 aromatic carbocycles. The largest absolute Gasteiger partial charge is 0.497 e. The summed E-state index contributed by atoms with van der Waals surface area (Å²) in [5.74, 6) is 0.872. The van der Waals surface area contributed by atoms with Crippen LogP contribution in [0.2, 0.25) is 0 Å². The van der Waals surface area contributed by atoms with E-state index >= 15 is 0 Å². The number of carbonyl (C=O) groups excluding carboxylic acids is 1. The summed E-state index contributed by atoms with van der Waals surface area (Å²) in [5.41, 5.74) is 4.88. The van der Waals surface area contributed by atoms with E-state index in [2.05, 4.69) is 10.2 Å². The van der Waals surface area contributed by atoms with Crippen LogP contribution in [-0.2, 0) is 13.1 Å². The summed E-state index contributed by atoms with van der Waals surface area (Å²) in [4.78, 5) is 14.6. The van der Waals surface area contributed by atoms with Gasteiger partial charge in [0.1, 0.15) is 5.75 Å². The molecule has 0 saturated heterocycles. The topological polar surface area (TPSA) is 58.2 Å².